The molecule has 0 saturated carbocycles. The molecule has 2 aromatic carbocycles. The molecule has 0 aliphatic carbocycles. The average Bonchev–Trinajstić information content (AvgIpc) is 2.55. The standard InChI is InChI=1S/C18H18BrCl2NO3/c1-2-3-8-24-16-7-5-4-6-15(16)22-17(23)11-25-18-13(19)9-12(20)10-14(18)21/h4-7,9-10H,2-3,8,11H2,1H3,(H,22,23). The predicted molar refractivity (Wildman–Crippen MR) is 105 cm³/mol. The zero-order valence-electron chi connectivity index (χ0n) is 13.7. The normalized spacial score (nSPS) is 10.4. The van der Waals surface area contributed by atoms with E-state index in [0.29, 0.717) is 38.3 Å². The molecule has 0 fully saturated rings. The highest BCUT2D eigenvalue weighted by atomic mass is 79.9. The van der Waals surface area contributed by atoms with Gasteiger partial charge in [-0.25, -0.2) is 0 Å². The zero-order chi connectivity index (χ0) is 18.2. The number of ether oxygens (including phenoxy) is 2. The van der Waals surface area contributed by atoms with E-state index in [9.17, 15) is 4.79 Å². The summed E-state index contributed by atoms with van der Waals surface area (Å²) < 4.78 is 11.8. The molecule has 2 aromatic rings. The number of benzene rings is 2. The summed E-state index contributed by atoms with van der Waals surface area (Å²) in [6.45, 7) is 2.50. The number of unbranched alkanes of at least 4 members (excludes halogenated alkanes) is 1. The second-order valence-electron chi connectivity index (χ2n) is 5.23. The van der Waals surface area contributed by atoms with Crippen LogP contribution in [0.2, 0.25) is 10.0 Å². The summed E-state index contributed by atoms with van der Waals surface area (Å²) in [5.41, 5.74) is 0.605. The van der Waals surface area contributed by atoms with Crippen molar-refractivity contribution in [2.75, 3.05) is 18.5 Å². The highest BCUT2D eigenvalue weighted by molar-refractivity contribution is 9.10. The number of para-hydroxylation sites is 2. The van der Waals surface area contributed by atoms with Gasteiger partial charge in [0.15, 0.2) is 12.4 Å². The van der Waals surface area contributed by atoms with Gasteiger partial charge in [0.2, 0.25) is 0 Å². The van der Waals surface area contributed by atoms with E-state index in [1.165, 1.54) is 0 Å². The van der Waals surface area contributed by atoms with E-state index in [0.717, 1.165) is 12.8 Å². The van der Waals surface area contributed by atoms with E-state index in [1.54, 1.807) is 18.2 Å². The van der Waals surface area contributed by atoms with Gasteiger partial charge in [-0.15, -0.1) is 0 Å². The summed E-state index contributed by atoms with van der Waals surface area (Å²) in [4.78, 5) is 12.2. The maximum absolute atomic E-state index is 12.2. The van der Waals surface area contributed by atoms with Gasteiger partial charge in [-0.1, -0.05) is 48.7 Å². The van der Waals surface area contributed by atoms with E-state index in [-0.39, 0.29) is 12.5 Å². The van der Waals surface area contributed by atoms with Gasteiger partial charge in [0.05, 0.1) is 21.8 Å². The van der Waals surface area contributed by atoms with Crippen molar-refractivity contribution in [2.24, 2.45) is 0 Å². The smallest absolute Gasteiger partial charge is 0.262 e. The van der Waals surface area contributed by atoms with E-state index < -0.39 is 0 Å². The lowest BCUT2D eigenvalue weighted by molar-refractivity contribution is -0.118. The number of halogens is 3. The number of rotatable bonds is 8. The van der Waals surface area contributed by atoms with Crippen LogP contribution in [0.25, 0.3) is 0 Å². The molecule has 2 rings (SSSR count). The first-order valence-electron chi connectivity index (χ1n) is 7.80. The number of carbonyl (C=O) groups is 1. The van der Waals surface area contributed by atoms with Gasteiger partial charge < -0.3 is 14.8 Å². The van der Waals surface area contributed by atoms with Crippen LogP contribution in [0.4, 0.5) is 5.69 Å². The Kier molecular flexibility index (Phi) is 7.88. The molecule has 7 heteroatoms. The molecular weight excluding hydrogens is 429 g/mol. The fourth-order valence-corrected chi connectivity index (χ4v) is 3.38. The second-order valence-corrected chi connectivity index (χ2v) is 6.93. The van der Waals surface area contributed by atoms with E-state index in [1.807, 2.05) is 18.2 Å². The minimum atomic E-state index is -0.315. The van der Waals surface area contributed by atoms with Crippen molar-refractivity contribution in [3.63, 3.8) is 0 Å². The summed E-state index contributed by atoms with van der Waals surface area (Å²) in [6, 6.07) is 10.5. The molecule has 1 amide bonds. The Bertz CT molecular complexity index is 717. The quantitative estimate of drug-likeness (QED) is 0.509. The van der Waals surface area contributed by atoms with Gasteiger partial charge in [-0.3, -0.25) is 4.79 Å². The summed E-state index contributed by atoms with van der Waals surface area (Å²) in [5.74, 6) is 0.688. The van der Waals surface area contributed by atoms with E-state index >= 15 is 0 Å². The Morgan fingerprint density at radius 3 is 2.68 bits per heavy atom. The third kappa shape index (κ3) is 6.10. The predicted octanol–water partition coefficient (Wildman–Crippen LogP) is 5.95. The Labute approximate surface area is 165 Å². The number of carbonyl (C=O) groups excluding carboxylic acids is 1. The van der Waals surface area contributed by atoms with Crippen LogP contribution in [0.1, 0.15) is 19.8 Å². The summed E-state index contributed by atoms with van der Waals surface area (Å²) in [7, 11) is 0. The van der Waals surface area contributed by atoms with Crippen molar-refractivity contribution in [3.05, 3.63) is 50.9 Å². The largest absolute Gasteiger partial charge is 0.491 e. The van der Waals surface area contributed by atoms with Crippen LogP contribution in [-0.2, 0) is 4.79 Å². The van der Waals surface area contributed by atoms with Gasteiger partial charge >= 0.3 is 0 Å². The van der Waals surface area contributed by atoms with Crippen LogP contribution >= 0.6 is 39.1 Å². The van der Waals surface area contributed by atoms with Crippen LogP contribution in [0, 0.1) is 0 Å². The van der Waals surface area contributed by atoms with Gasteiger partial charge in [-0.2, -0.15) is 0 Å². The summed E-state index contributed by atoms with van der Waals surface area (Å²) >= 11 is 15.3. The minimum Gasteiger partial charge on any atom is -0.491 e. The fourth-order valence-electron chi connectivity index (χ4n) is 2.01. The first-order valence-corrected chi connectivity index (χ1v) is 9.35. The van der Waals surface area contributed by atoms with Crippen molar-refractivity contribution in [1.29, 1.82) is 0 Å². The van der Waals surface area contributed by atoms with Crippen LogP contribution in [0.3, 0.4) is 0 Å². The van der Waals surface area contributed by atoms with E-state index in [4.69, 9.17) is 32.7 Å². The zero-order valence-corrected chi connectivity index (χ0v) is 16.7. The Morgan fingerprint density at radius 1 is 1.20 bits per heavy atom. The van der Waals surface area contributed by atoms with Crippen molar-refractivity contribution < 1.29 is 14.3 Å². The molecule has 0 aliphatic heterocycles. The molecule has 134 valence electrons. The number of hydrogen-bond donors (Lipinski definition) is 1. The first kappa shape index (κ1) is 19.9. The molecule has 0 atom stereocenters. The van der Waals surface area contributed by atoms with Crippen LogP contribution < -0.4 is 14.8 Å². The van der Waals surface area contributed by atoms with Crippen LogP contribution in [-0.4, -0.2) is 19.1 Å². The Morgan fingerprint density at radius 2 is 1.96 bits per heavy atom. The maximum atomic E-state index is 12.2. The van der Waals surface area contributed by atoms with Gasteiger partial charge in [0.25, 0.3) is 5.91 Å². The molecule has 0 saturated heterocycles. The average molecular weight is 447 g/mol. The minimum absolute atomic E-state index is 0.191. The summed E-state index contributed by atoms with van der Waals surface area (Å²) in [6.07, 6.45) is 1.99. The Hall–Kier alpha value is -1.43. The monoisotopic (exact) mass is 445 g/mol. The fraction of sp³-hybridized carbons (Fsp3) is 0.278. The van der Waals surface area contributed by atoms with Crippen molar-refractivity contribution in [1.82, 2.24) is 0 Å². The van der Waals surface area contributed by atoms with Crippen LogP contribution in [0.15, 0.2) is 40.9 Å². The molecule has 0 aliphatic rings. The van der Waals surface area contributed by atoms with Crippen molar-refractivity contribution in [2.45, 2.75) is 19.8 Å². The molecule has 25 heavy (non-hydrogen) atoms. The molecule has 0 unspecified atom stereocenters. The molecule has 0 heterocycles. The lowest BCUT2D eigenvalue weighted by Crippen LogP contribution is -2.21. The molecule has 0 spiro atoms. The number of hydrogen-bond acceptors (Lipinski definition) is 3. The second kappa shape index (κ2) is 9.90. The topological polar surface area (TPSA) is 47.6 Å². The molecule has 0 bridgehead atoms. The lowest BCUT2D eigenvalue weighted by Gasteiger charge is -2.13. The number of nitrogens with one attached hydrogen (secondary N) is 1. The molecule has 0 radical (unpaired) electrons. The first-order chi connectivity index (χ1) is 12.0. The molecule has 4 nitrogen and oxygen atoms in total. The third-order valence-electron chi connectivity index (χ3n) is 3.23. The molecule has 0 aromatic heterocycles. The van der Waals surface area contributed by atoms with Gasteiger partial charge in [-0.05, 0) is 46.6 Å². The highest BCUT2D eigenvalue weighted by Gasteiger charge is 2.12. The van der Waals surface area contributed by atoms with Gasteiger partial charge in [0.1, 0.15) is 5.75 Å². The van der Waals surface area contributed by atoms with Crippen LogP contribution in [0.5, 0.6) is 11.5 Å². The van der Waals surface area contributed by atoms with Crippen molar-refractivity contribution in [3.8, 4) is 11.5 Å². The lowest BCUT2D eigenvalue weighted by atomic mass is 10.3. The Balaban J connectivity index is 1.97. The SMILES string of the molecule is CCCCOc1ccccc1NC(=O)COc1c(Cl)cc(Cl)cc1Br. The maximum Gasteiger partial charge on any atom is 0.262 e. The van der Waals surface area contributed by atoms with Gasteiger partial charge in [0, 0.05) is 5.02 Å². The molecular formula is C18H18BrCl2NO3. The van der Waals surface area contributed by atoms with Crippen molar-refractivity contribution >= 4 is 50.7 Å². The third-order valence-corrected chi connectivity index (χ3v) is 4.32. The van der Waals surface area contributed by atoms with E-state index in [2.05, 4.69) is 28.2 Å². The summed E-state index contributed by atoms with van der Waals surface area (Å²) in [5, 5.41) is 3.59. The number of anilines is 1. The number of amides is 1. The highest BCUT2D eigenvalue weighted by Crippen LogP contribution is 2.36. The molecule has 1 N–H and O–H groups in total.